The Morgan fingerprint density at radius 1 is 1.21 bits per heavy atom. The van der Waals surface area contributed by atoms with Crippen LogP contribution in [0.4, 0.5) is 4.39 Å². The molecule has 1 aromatic heterocycles. The number of amides is 4. The van der Waals surface area contributed by atoms with E-state index in [2.05, 4.69) is 15.6 Å². The fourth-order valence-electron chi connectivity index (χ4n) is 4.89. The van der Waals surface area contributed by atoms with Crippen LogP contribution in [0.2, 0.25) is 0 Å². The molecule has 3 heterocycles. The summed E-state index contributed by atoms with van der Waals surface area (Å²) in [5.74, 6) is -2.45. The van der Waals surface area contributed by atoms with Gasteiger partial charge in [-0.15, -0.1) is 0 Å². The molecule has 2 aliphatic rings. The van der Waals surface area contributed by atoms with Crippen molar-refractivity contribution in [1.29, 1.82) is 0 Å². The van der Waals surface area contributed by atoms with E-state index >= 15 is 0 Å². The number of hydrogen-bond acceptors (Lipinski definition) is 6. The molecule has 4 amide bonds. The lowest BCUT2D eigenvalue weighted by Gasteiger charge is -2.32. The van der Waals surface area contributed by atoms with Crippen molar-refractivity contribution in [2.45, 2.75) is 58.5 Å². The number of nitrogens with zero attached hydrogens (tertiary/aromatic N) is 3. The van der Waals surface area contributed by atoms with E-state index in [-0.39, 0.29) is 42.1 Å². The van der Waals surface area contributed by atoms with E-state index in [0.717, 1.165) is 5.56 Å². The molecule has 0 aliphatic carbocycles. The Morgan fingerprint density at radius 2 is 2.00 bits per heavy atom. The summed E-state index contributed by atoms with van der Waals surface area (Å²) >= 11 is 0. The number of benzene rings is 1. The molecule has 4 rings (SSSR count). The number of nitrogens with one attached hydrogen (secondary N) is 2. The zero-order valence-corrected chi connectivity index (χ0v) is 22.0. The van der Waals surface area contributed by atoms with Gasteiger partial charge >= 0.3 is 0 Å². The van der Waals surface area contributed by atoms with E-state index in [1.54, 1.807) is 13.0 Å². The maximum atomic E-state index is 14.7. The number of carbonyl (C=O) groups excluding carboxylic acids is 4. The summed E-state index contributed by atoms with van der Waals surface area (Å²) in [5.41, 5.74) is 1.10. The number of carbonyl (C=O) groups is 4. The molecule has 2 bridgehead atoms. The molecular weight excluding hydrogens is 493 g/mol. The van der Waals surface area contributed by atoms with Crippen LogP contribution in [-0.2, 0) is 16.0 Å². The third-order valence-corrected chi connectivity index (χ3v) is 7.15. The molecule has 38 heavy (non-hydrogen) atoms. The minimum absolute atomic E-state index is 0.0337. The lowest BCUT2D eigenvalue weighted by atomic mass is 10.0. The van der Waals surface area contributed by atoms with E-state index in [1.807, 2.05) is 13.8 Å². The van der Waals surface area contributed by atoms with Crippen LogP contribution < -0.4 is 10.6 Å². The van der Waals surface area contributed by atoms with Crippen LogP contribution in [0.1, 0.15) is 65.3 Å². The van der Waals surface area contributed by atoms with Crippen molar-refractivity contribution in [1.82, 2.24) is 25.4 Å². The highest BCUT2D eigenvalue weighted by atomic mass is 19.1. The van der Waals surface area contributed by atoms with Crippen molar-refractivity contribution in [2.75, 3.05) is 26.2 Å². The molecule has 1 aromatic carbocycles. The smallest absolute Gasteiger partial charge is 0.292 e. The van der Waals surface area contributed by atoms with E-state index in [4.69, 9.17) is 4.42 Å². The quantitative estimate of drug-likeness (QED) is 0.616. The summed E-state index contributed by atoms with van der Waals surface area (Å²) in [7, 11) is 0. The van der Waals surface area contributed by atoms with Gasteiger partial charge < -0.3 is 24.9 Å². The summed E-state index contributed by atoms with van der Waals surface area (Å²) in [6, 6.07) is 3.14. The fourth-order valence-corrected chi connectivity index (χ4v) is 4.89. The Kier molecular flexibility index (Phi) is 8.43. The molecule has 0 spiro atoms. The summed E-state index contributed by atoms with van der Waals surface area (Å²) in [6.07, 6.45) is 3.31. The van der Waals surface area contributed by atoms with Gasteiger partial charge in [-0.1, -0.05) is 19.9 Å². The Labute approximate surface area is 220 Å². The van der Waals surface area contributed by atoms with Crippen molar-refractivity contribution >= 4 is 23.6 Å². The highest BCUT2D eigenvalue weighted by Gasteiger charge is 2.37. The number of hydrogen-bond donors (Lipinski definition) is 2. The molecule has 2 aliphatic heterocycles. The second-order valence-corrected chi connectivity index (χ2v) is 10.2. The zero-order chi connectivity index (χ0) is 27.4. The van der Waals surface area contributed by atoms with Gasteiger partial charge in [-0.25, -0.2) is 9.37 Å². The first-order valence-electron chi connectivity index (χ1n) is 13.0. The summed E-state index contributed by atoms with van der Waals surface area (Å²) < 4.78 is 20.0. The van der Waals surface area contributed by atoms with Gasteiger partial charge in [0.2, 0.25) is 17.6 Å². The predicted molar refractivity (Wildman–Crippen MR) is 136 cm³/mol. The van der Waals surface area contributed by atoms with Gasteiger partial charge in [0.25, 0.3) is 11.8 Å². The number of halogens is 1. The van der Waals surface area contributed by atoms with Gasteiger partial charge in [-0.05, 0) is 56.2 Å². The normalized spacial score (nSPS) is 21.7. The lowest BCUT2D eigenvalue weighted by molar-refractivity contribution is -0.126. The number of oxazole rings is 1. The highest BCUT2D eigenvalue weighted by molar-refractivity contribution is 5.98. The van der Waals surface area contributed by atoms with Crippen LogP contribution in [0.3, 0.4) is 0 Å². The Bertz CT molecular complexity index is 1210. The van der Waals surface area contributed by atoms with E-state index in [1.165, 1.54) is 28.3 Å². The highest BCUT2D eigenvalue weighted by Crippen LogP contribution is 2.23. The van der Waals surface area contributed by atoms with Crippen LogP contribution in [0, 0.1) is 18.7 Å². The number of fused-ring (bicyclic) bond motifs is 3. The summed E-state index contributed by atoms with van der Waals surface area (Å²) in [4.78, 5) is 59.7. The first-order chi connectivity index (χ1) is 18.2. The third-order valence-electron chi connectivity index (χ3n) is 7.15. The first-order valence-corrected chi connectivity index (χ1v) is 13.0. The van der Waals surface area contributed by atoms with Crippen molar-refractivity contribution < 1.29 is 28.0 Å². The molecule has 1 saturated heterocycles. The molecule has 11 heteroatoms. The van der Waals surface area contributed by atoms with E-state index < -0.39 is 29.7 Å². The van der Waals surface area contributed by atoms with E-state index in [9.17, 15) is 23.6 Å². The monoisotopic (exact) mass is 527 g/mol. The van der Waals surface area contributed by atoms with Gasteiger partial charge in [-0.2, -0.15) is 0 Å². The van der Waals surface area contributed by atoms with Crippen molar-refractivity contribution in [3.05, 3.63) is 53.0 Å². The van der Waals surface area contributed by atoms with Gasteiger partial charge in [-0.3, -0.25) is 19.2 Å². The summed E-state index contributed by atoms with van der Waals surface area (Å²) in [5, 5.41) is 5.80. The van der Waals surface area contributed by atoms with Crippen LogP contribution in [0.5, 0.6) is 0 Å². The fraction of sp³-hybridized carbons (Fsp3) is 0.519. The van der Waals surface area contributed by atoms with Gasteiger partial charge in [0.15, 0.2) is 6.39 Å². The SMILES string of the molecule is Cc1ncoc1C(=O)N1CC(=O)NCCCc2ccc(F)c(c2)C(=O)N2CCC[C@H]2C(=O)N[C@H](C(C)C)C1. The Balaban J connectivity index is 1.65. The second-order valence-electron chi connectivity index (χ2n) is 10.2. The molecule has 0 unspecified atom stereocenters. The largest absolute Gasteiger partial charge is 0.438 e. The topological polar surface area (TPSA) is 125 Å². The number of aryl methyl sites for hydroxylation is 2. The predicted octanol–water partition coefficient (Wildman–Crippen LogP) is 2.07. The molecular formula is C27H34FN5O5. The van der Waals surface area contributed by atoms with Crippen LogP contribution in [0.15, 0.2) is 29.0 Å². The summed E-state index contributed by atoms with van der Waals surface area (Å²) in [6.45, 7) is 5.94. The van der Waals surface area contributed by atoms with Gasteiger partial charge in [0.1, 0.15) is 18.4 Å². The minimum Gasteiger partial charge on any atom is -0.438 e. The van der Waals surface area contributed by atoms with Crippen molar-refractivity contribution in [2.24, 2.45) is 5.92 Å². The van der Waals surface area contributed by atoms with E-state index in [0.29, 0.717) is 44.5 Å². The lowest BCUT2D eigenvalue weighted by Crippen LogP contribution is -2.54. The molecule has 2 atom stereocenters. The molecule has 10 nitrogen and oxygen atoms in total. The third kappa shape index (κ3) is 6.03. The minimum atomic E-state index is -0.758. The molecule has 204 valence electrons. The van der Waals surface area contributed by atoms with Crippen LogP contribution >= 0.6 is 0 Å². The molecule has 2 aromatic rings. The standard InChI is InChI=1S/C27H34FN5O5/c1-16(2)21-13-32(27(37)24-17(3)30-15-38-24)14-23(34)29-10-4-6-18-8-9-20(28)19(12-18)26(36)33-11-5-7-22(33)25(35)31-21/h8-9,12,15-16,21-22H,4-7,10-11,13-14H2,1-3H3,(H,29,34)(H,31,35)/t21-,22-/m0/s1. The number of aromatic nitrogens is 1. The average Bonchev–Trinajstić information content (AvgIpc) is 3.54. The second kappa shape index (κ2) is 11.7. The molecule has 2 N–H and O–H groups in total. The van der Waals surface area contributed by atoms with Gasteiger partial charge in [0.05, 0.1) is 11.3 Å². The molecule has 0 saturated carbocycles. The maximum Gasteiger partial charge on any atom is 0.292 e. The van der Waals surface area contributed by atoms with Crippen molar-refractivity contribution in [3.63, 3.8) is 0 Å². The average molecular weight is 528 g/mol. The van der Waals surface area contributed by atoms with Crippen LogP contribution in [0.25, 0.3) is 0 Å². The Morgan fingerprint density at radius 3 is 2.71 bits per heavy atom. The van der Waals surface area contributed by atoms with Crippen molar-refractivity contribution in [3.8, 4) is 0 Å². The first kappa shape index (κ1) is 27.3. The molecule has 1 fully saturated rings. The van der Waals surface area contributed by atoms with Crippen LogP contribution in [-0.4, -0.2) is 76.7 Å². The Hall–Kier alpha value is -3.76. The molecule has 0 radical (unpaired) electrons. The number of rotatable bonds is 2. The zero-order valence-electron chi connectivity index (χ0n) is 22.0. The van der Waals surface area contributed by atoms with Gasteiger partial charge in [0, 0.05) is 25.7 Å². The maximum absolute atomic E-state index is 14.7.